The lowest BCUT2D eigenvalue weighted by Gasteiger charge is -2.12. The van der Waals surface area contributed by atoms with Gasteiger partial charge in [0, 0.05) is 6.07 Å². The molecule has 0 aromatic heterocycles. The Bertz CT molecular complexity index is 501. The van der Waals surface area contributed by atoms with Crippen LogP contribution in [0.2, 0.25) is 0 Å². The molecule has 0 aliphatic heterocycles. The number of unbranched alkanes of at least 4 members (excludes halogenated alkanes) is 6. The average molecular weight is 366 g/mol. The van der Waals surface area contributed by atoms with E-state index < -0.39 is 0 Å². The van der Waals surface area contributed by atoms with Crippen molar-refractivity contribution in [2.75, 3.05) is 19.8 Å². The highest BCUT2D eigenvalue weighted by molar-refractivity contribution is 5.71. The van der Waals surface area contributed by atoms with Crippen LogP contribution >= 0.6 is 0 Å². The SMILES string of the molecule is CCCCCCCCOc1cc(CO)cc(OCC(=O)OCCCC)c1. The third-order valence-electron chi connectivity index (χ3n) is 4.01. The smallest absolute Gasteiger partial charge is 0.344 e. The molecule has 0 radical (unpaired) electrons. The number of ether oxygens (including phenoxy) is 3. The Balaban J connectivity index is 2.40. The van der Waals surface area contributed by atoms with E-state index in [1.807, 2.05) is 6.92 Å². The molecule has 148 valence electrons. The van der Waals surface area contributed by atoms with Crippen LogP contribution in [0.25, 0.3) is 0 Å². The lowest BCUT2D eigenvalue weighted by molar-refractivity contribution is -0.146. The van der Waals surface area contributed by atoms with Crippen LogP contribution in [0, 0.1) is 0 Å². The van der Waals surface area contributed by atoms with Crippen LogP contribution in [-0.4, -0.2) is 30.9 Å². The molecule has 0 fully saturated rings. The number of hydrogen-bond donors (Lipinski definition) is 1. The van der Waals surface area contributed by atoms with E-state index in [-0.39, 0.29) is 19.2 Å². The predicted octanol–water partition coefficient (Wildman–Crippen LogP) is 4.64. The van der Waals surface area contributed by atoms with Crippen molar-refractivity contribution in [3.8, 4) is 11.5 Å². The van der Waals surface area contributed by atoms with Gasteiger partial charge in [-0.3, -0.25) is 0 Å². The molecule has 0 spiro atoms. The first kappa shape index (κ1) is 22.3. The molecule has 0 aliphatic carbocycles. The van der Waals surface area contributed by atoms with E-state index in [1.54, 1.807) is 18.2 Å². The molecule has 0 bridgehead atoms. The Morgan fingerprint density at radius 3 is 2.19 bits per heavy atom. The molecule has 0 amide bonds. The van der Waals surface area contributed by atoms with Gasteiger partial charge in [0.2, 0.25) is 0 Å². The van der Waals surface area contributed by atoms with Gasteiger partial charge in [-0.15, -0.1) is 0 Å². The maximum absolute atomic E-state index is 11.6. The highest BCUT2D eigenvalue weighted by Gasteiger charge is 2.07. The molecule has 26 heavy (non-hydrogen) atoms. The second kappa shape index (κ2) is 14.4. The number of benzene rings is 1. The largest absolute Gasteiger partial charge is 0.493 e. The van der Waals surface area contributed by atoms with E-state index in [1.165, 1.54) is 25.7 Å². The van der Waals surface area contributed by atoms with Crippen LogP contribution in [0.15, 0.2) is 18.2 Å². The number of aliphatic hydroxyl groups is 1. The fourth-order valence-corrected chi connectivity index (χ4v) is 2.48. The summed E-state index contributed by atoms with van der Waals surface area (Å²) in [6.07, 6.45) is 9.05. The third kappa shape index (κ3) is 10.3. The second-order valence-corrected chi connectivity index (χ2v) is 6.45. The van der Waals surface area contributed by atoms with Crippen molar-refractivity contribution in [3.63, 3.8) is 0 Å². The van der Waals surface area contributed by atoms with Gasteiger partial charge in [0.25, 0.3) is 0 Å². The van der Waals surface area contributed by atoms with Crippen molar-refractivity contribution < 1.29 is 24.1 Å². The Morgan fingerprint density at radius 1 is 0.846 bits per heavy atom. The van der Waals surface area contributed by atoms with Gasteiger partial charge in [-0.1, -0.05) is 52.4 Å². The van der Waals surface area contributed by atoms with Gasteiger partial charge in [-0.05, 0) is 30.5 Å². The summed E-state index contributed by atoms with van der Waals surface area (Å²) in [5.74, 6) is 0.767. The Labute approximate surface area is 157 Å². The highest BCUT2D eigenvalue weighted by atomic mass is 16.6. The summed E-state index contributed by atoms with van der Waals surface area (Å²) < 4.78 is 16.3. The van der Waals surface area contributed by atoms with Gasteiger partial charge in [-0.2, -0.15) is 0 Å². The zero-order valence-corrected chi connectivity index (χ0v) is 16.3. The number of aliphatic hydroxyl groups excluding tert-OH is 1. The molecule has 0 heterocycles. The molecule has 0 saturated heterocycles. The van der Waals surface area contributed by atoms with Crippen LogP contribution in [0.1, 0.15) is 70.8 Å². The third-order valence-corrected chi connectivity index (χ3v) is 4.01. The fourth-order valence-electron chi connectivity index (χ4n) is 2.48. The van der Waals surface area contributed by atoms with Gasteiger partial charge in [0.1, 0.15) is 11.5 Å². The monoisotopic (exact) mass is 366 g/mol. The molecule has 1 aromatic rings. The molecule has 5 heteroatoms. The minimum absolute atomic E-state index is 0.106. The molecule has 0 unspecified atom stereocenters. The summed E-state index contributed by atoms with van der Waals surface area (Å²) in [4.78, 5) is 11.6. The zero-order valence-electron chi connectivity index (χ0n) is 16.3. The van der Waals surface area contributed by atoms with E-state index in [0.717, 1.165) is 25.7 Å². The van der Waals surface area contributed by atoms with Crippen molar-refractivity contribution in [1.82, 2.24) is 0 Å². The predicted molar refractivity (Wildman–Crippen MR) is 103 cm³/mol. The maximum atomic E-state index is 11.6. The van der Waals surface area contributed by atoms with Crippen LogP contribution in [0.5, 0.6) is 11.5 Å². The van der Waals surface area contributed by atoms with Gasteiger partial charge < -0.3 is 19.3 Å². The summed E-state index contributed by atoms with van der Waals surface area (Å²) in [6.45, 7) is 5.06. The number of carbonyl (C=O) groups excluding carboxylic acids is 1. The number of esters is 1. The minimum atomic E-state index is -0.387. The normalized spacial score (nSPS) is 10.6. The quantitative estimate of drug-likeness (QED) is 0.362. The average Bonchev–Trinajstić information content (AvgIpc) is 2.65. The first-order valence-electron chi connectivity index (χ1n) is 9.85. The first-order chi connectivity index (χ1) is 12.7. The molecule has 1 rings (SSSR count). The van der Waals surface area contributed by atoms with E-state index in [2.05, 4.69) is 6.92 Å². The number of rotatable bonds is 15. The topological polar surface area (TPSA) is 65.0 Å². The fraction of sp³-hybridized carbons (Fsp3) is 0.667. The van der Waals surface area contributed by atoms with Crippen molar-refractivity contribution in [3.05, 3.63) is 23.8 Å². The molecule has 0 atom stereocenters. The van der Waals surface area contributed by atoms with Crippen molar-refractivity contribution in [2.45, 2.75) is 71.8 Å². The van der Waals surface area contributed by atoms with Gasteiger partial charge in [-0.25, -0.2) is 4.79 Å². The minimum Gasteiger partial charge on any atom is -0.493 e. The molecule has 0 aliphatic rings. The molecule has 0 saturated carbocycles. The maximum Gasteiger partial charge on any atom is 0.344 e. The van der Waals surface area contributed by atoms with E-state index in [0.29, 0.717) is 30.3 Å². The summed E-state index contributed by atoms with van der Waals surface area (Å²) >= 11 is 0. The van der Waals surface area contributed by atoms with E-state index >= 15 is 0 Å². The molecule has 1 aromatic carbocycles. The van der Waals surface area contributed by atoms with Crippen molar-refractivity contribution in [2.24, 2.45) is 0 Å². The molecular weight excluding hydrogens is 332 g/mol. The zero-order chi connectivity index (χ0) is 19.0. The van der Waals surface area contributed by atoms with Gasteiger partial charge in [0.15, 0.2) is 6.61 Å². The summed E-state index contributed by atoms with van der Waals surface area (Å²) in [7, 11) is 0. The van der Waals surface area contributed by atoms with Gasteiger partial charge in [0.05, 0.1) is 19.8 Å². The van der Waals surface area contributed by atoms with Crippen LogP contribution in [0.4, 0.5) is 0 Å². The summed E-state index contributed by atoms with van der Waals surface area (Å²) in [5.41, 5.74) is 0.694. The van der Waals surface area contributed by atoms with Crippen LogP contribution in [-0.2, 0) is 16.1 Å². The Kier molecular flexibility index (Phi) is 12.4. The van der Waals surface area contributed by atoms with Gasteiger partial charge >= 0.3 is 5.97 Å². The number of hydrogen-bond acceptors (Lipinski definition) is 5. The molecular formula is C21H34O5. The lowest BCUT2D eigenvalue weighted by atomic mass is 10.1. The van der Waals surface area contributed by atoms with E-state index in [9.17, 15) is 9.90 Å². The van der Waals surface area contributed by atoms with Crippen molar-refractivity contribution in [1.29, 1.82) is 0 Å². The molecule has 5 nitrogen and oxygen atoms in total. The molecule has 1 N–H and O–H groups in total. The van der Waals surface area contributed by atoms with Crippen LogP contribution < -0.4 is 9.47 Å². The van der Waals surface area contributed by atoms with Crippen LogP contribution in [0.3, 0.4) is 0 Å². The summed E-state index contributed by atoms with van der Waals surface area (Å²) in [6, 6.07) is 5.25. The first-order valence-corrected chi connectivity index (χ1v) is 9.85. The summed E-state index contributed by atoms with van der Waals surface area (Å²) in [5, 5.41) is 9.40. The van der Waals surface area contributed by atoms with Crippen molar-refractivity contribution >= 4 is 5.97 Å². The standard InChI is InChI=1S/C21H34O5/c1-3-5-7-8-9-10-12-24-19-13-18(16-22)14-20(15-19)26-17-21(23)25-11-6-4-2/h13-15,22H,3-12,16-17H2,1-2H3. The number of carbonyl (C=O) groups is 1. The van der Waals surface area contributed by atoms with E-state index in [4.69, 9.17) is 14.2 Å². The second-order valence-electron chi connectivity index (χ2n) is 6.45. The highest BCUT2D eigenvalue weighted by Crippen LogP contribution is 2.23. The lowest BCUT2D eigenvalue weighted by Crippen LogP contribution is -2.15. The Morgan fingerprint density at radius 2 is 1.50 bits per heavy atom. The Hall–Kier alpha value is -1.75.